The molecule has 0 aliphatic carbocycles. The Hall–Kier alpha value is -2.96. The van der Waals surface area contributed by atoms with Crippen LogP contribution >= 0.6 is 24.4 Å². The molecule has 0 fully saturated rings. The largest absolute Gasteiger partial charge is 0.460 e. The Morgan fingerprint density at radius 3 is 1.31 bits per heavy atom. The maximum atomic E-state index is 12.3. The summed E-state index contributed by atoms with van der Waals surface area (Å²) in [6.45, 7) is 62.5. The van der Waals surface area contributed by atoms with Crippen molar-refractivity contribution in [3.8, 4) is 0 Å². The number of nitrogens with one attached hydrogen (secondary N) is 4. The molecule has 566 valence electrons. The molecule has 0 spiro atoms. The number of hydrogen-bond acceptors (Lipinski definition) is 21. The average Bonchev–Trinajstić information content (AvgIpc) is 1.02. The number of urea groups is 1. The number of esters is 2. The Morgan fingerprint density at radius 1 is 0.520 bits per heavy atom. The standard InChI is InChI=1S/C35H80N4O9SSi6.C12H35NO3Si4.C7H6N4S.C7H9NO3/c1-16-43-52(12,20-5)47-54(14,45-50(8,9)18-3)30-22-25-38-35(49)39-26-23-31-55(15,46-51(10,11)19-4)48-53(13,44-17-2)29-21-24-36-34(41)37-27-28-42-33(40)32(6)7;1-17(2,3)14-19(7,8)16-20(9,12-10-11-13)15-18(4,5)6;12-7(10-3-1-8-5-10)11-4-2-9-6-11;1-6(2)7(10)11-4-3-8-5-9/h6,16-31H2,1-5,7-15H3,(H2,36,37,41)(H2,38,39,49);10-13H2,1-9H3;1-6H;1,3-4H2,2H3. The van der Waals surface area contributed by atoms with Crippen LogP contribution in [0.25, 0.3) is 0 Å². The second-order valence-corrected chi connectivity index (χ2v) is 68.9. The topological polar surface area (TPSA) is 292 Å². The van der Waals surface area contributed by atoms with E-state index in [1.54, 1.807) is 60.4 Å². The first kappa shape index (κ1) is 97.1. The number of isocyanates is 1. The fourth-order valence-corrected chi connectivity index (χ4v) is 54.0. The van der Waals surface area contributed by atoms with Crippen LogP contribution in [0.1, 0.15) is 74.1 Å². The third-order valence-electron chi connectivity index (χ3n) is 14.0. The molecule has 0 aliphatic heterocycles. The molecule has 0 bridgehead atoms. The van der Waals surface area contributed by atoms with Gasteiger partial charge in [-0.25, -0.2) is 34.1 Å². The van der Waals surface area contributed by atoms with Gasteiger partial charge >= 0.3 is 69.3 Å². The summed E-state index contributed by atoms with van der Waals surface area (Å²) in [7, 11) is -21.4. The number of aliphatic imine (C=N–C) groups is 1. The molecule has 2 amide bonds. The van der Waals surface area contributed by atoms with Gasteiger partial charge in [-0.3, -0.25) is 9.13 Å². The highest BCUT2D eigenvalue weighted by Gasteiger charge is 2.47. The fourth-order valence-electron chi connectivity index (χ4n) is 9.53. The fraction of sp³-hybridized carbons (Fsp3) is 0.738. The Morgan fingerprint density at radius 2 is 0.918 bits per heavy atom. The van der Waals surface area contributed by atoms with Crippen LogP contribution in [0.15, 0.2) is 66.7 Å². The minimum absolute atomic E-state index is 0.0851. The monoisotopic (exact) mass is 1590 g/mol. The van der Waals surface area contributed by atoms with Gasteiger partial charge in [-0.15, -0.1) is 0 Å². The first-order valence-electron chi connectivity index (χ1n) is 34.3. The zero-order valence-corrected chi connectivity index (χ0v) is 76.1. The van der Waals surface area contributed by atoms with E-state index >= 15 is 0 Å². The van der Waals surface area contributed by atoms with Gasteiger partial charge in [0.05, 0.1) is 13.1 Å². The molecule has 0 aromatic carbocycles. The van der Waals surface area contributed by atoms with Gasteiger partial charge in [0.1, 0.15) is 25.9 Å². The van der Waals surface area contributed by atoms with E-state index in [1.165, 1.54) is 6.08 Å². The highest BCUT2D eigenvalue weighted by atomic mass is 32.1. The van der Waals surface area contributed by atoms with E-state index < -0.39 is 96.6 Å². The minimum atomic E-state index is -2.66. The molecular weight excluding hydrogens is 1460 g/mol. The lowest BCUT2D eigenvalue weighted by Crippen LogP contribution is -2.56. The molecule has 6 N–H and O–H groups in total. The van der Waals surface area contributed by atoms with Crippen molar-refractivity contribution in [3.63, 3.8) is 0 Å². The second-order valence-electron chi connectivity index (χ2n) is 28.1. The van der Waals surface area contributed by atoms with Gasteiger partial charge in [0.15, 0.2) is 43.5 Å². The van der Waals surface area contributed by atoms with E-state index in [9.17, 15) is 19.2 Å². The number of ether oxygens (including phenoxy) is 2. The number of aromatic nitrogens is 4. The lowest BCUT2D eigenvalue weighted by Gasteiger charge is -2.41. The van der Waals surface area contributed by atoms with Crippen molar-refractivity contribution in [1.82, 2.24) is 40.4 Å². The summed E-state index contributed by atoms with van der Waals surface area (Å²) < 4.78 is 72.6. The number of nitrogens with zero attached hydrogens (tertiary/aromatic N) is 5. The highest BCUT2D eigenvalue weighted by Crippen LogP contribution is 2.32. The lowest BCUT2D eigenvalue weighted by molar-refractivity contribution is -0.139. The molecule has 0 radical (unpaired) electrons. The van der Waals surface area contributed by atoms with Crippen LogP contribution < -0.4 is 27.0 Å². The number of carbonyl (C=O) groups excluding carboxylic acids is 4. The van der Waals surface area contributed by atoms with Crippen LogP contribution in [0.3, 0.4) is 0 Å². The van der Waals surface area contributed by atoms with Gasteiger partial charge in [-0.2, -0.15) is 0 Å². The Labute approximate surface area is 611 Å². The van der Waals surface area contributed by atoms with Crippen LogP contribution in [0.4, 0.5) is 4.79 Å². The van der Waals surface area contributed by atoms with Crippen LogP contribution in [0.2, 0.25) is 154 Å². The summed E-state index contributed by atoms with van der Waals surface area (Å²) in [5.74, 6) is -0.939. The number of imidazole rings is 2. The summed E-state index contributed by atoms with van der Waals surface area (Å²) in [5.41, 5.74) is 6.33. The van der Waals surface area contributed by atoms with Gasteiger partial charge in [0, 0.05) is 68.8 Å². The van der Waals surface area contributed by atoms with Gasteiger partial charge < -0.3 is 74.1 Å². The molecule has 0 saturated heterocycles. The van der Waals surface area contributed by atoms with E-state index in [1.807, 2.05) is 13.8 Å². The van der Waals surface area contributed by atoms with Gasteiger partial charge in [-0.05, 0) is 238 Å². The Balaban J connectivity index is 0. The number of amides is 2. The molecule has 37 heteroatoms. The molecule has 2 heterocycles. The lowest BCUT2D eigenvalue weighted by atomic mass is 10.4. The zero-order valence-electron chi connectivity index (χ0n) is 64.5. The summed E-state index contributed by atoms with van der Waals surface area (Å²) >= 11 is 10.8. The first-order chi connectivity index (χ1) is 45.2. The van der Waals surface area contributed by atoms with Crippen LogP contribution in [0.5, 0.6) is 0 Å². The molecule has 98 heavy (non-hydrogen) atoms. The van der Waals surface area contributed by atoms with Crippen LogP contribution in [0, 0.1) is 0 Å². The second kappa shape index (κ2) is 48.1. The smallest absolute Gasteiger partial charge is 0.333 e. The van der Waals surface area contributed by atoms with Gasteiger partial charge in [0.25, 0.3) is 0 Å². The maximum absolute atomic E-state index is 12.3. The number of thiocarbonyl (C=S) groups is 2. The van der Waals surface area contributed by atoms with E-state index in [4.69, 9.17) is 72.6 Å². The predicted octanol–water partition coefficient (Wildman–Crippen LogP) is 13.0. The van der Waals surface area contributed by atoms with Crippen molar-refractivity contribution in [3.05, 3.63) is 61.7 Å². The molecule has 2 aromatic rings. The van der Waals surface area contributed by atoms with Crippen molar-refractivity contribution in [2.45, 2.75) is 228 Å². The highest BCUT2D eigenvalue weighted by molar-refractivity contribution is 7.80. The molecule has 2 rings (SSSR count). The van der Waals surface area contributed by atoms with E-state index in [0.29, 0.717) is 66.7 Å². The number of hydrogen-bond donors (Lipinski definition) is 5. The molecular formula is C61H130N10O15S2Si10. The number of rotatable bonds is 44. The summed E-state index contributed by atoms with van der Waals surface area (Å²) in [4.78, 5) is 54.9. The third-order valence-corrected chi connectivity index (χ3v) is 53.3. The van der Waals surface area contributed by atoms with Crippen molar-refractivity contribution < 1.29 is 66.3 Å². The third kappa shape index (κ3) is 48.1. The molecule has 0 saturated carbocycles. The Bertz CT molecular complexity index is 2670. The normalized spacial score (nSPS) is 14.9. The average molecular weight is 1590 g/mol. The quantitative estimate of drug-likeness (QED) is 0.00783. The van der Waals surface area contributed by atoms with Crippen molar-refractivity contribution in [2.75, 3.05) is 65.7 Å². The van der Waals surface area contributed by atoms with Crippen molar-refractivity contribution >= 4 is 143 Å². The van der Waals surface area contributed by atoms with Gasteiger partial charge in [-0.1, -0.05) is 33.9 Å². The summed E-state index contributed by atoms with van der Waals surface area (Å²) in [5, 5.41) is 13.7. The Kier molecular flexibility index (Phi) is 47.7. The molecule has 5 unspecified atom stereocenters. The zero-order chi connectivity index (χ0) is 75.7. The molecule has 5 atom stereocenters. The van der Waals surface area contributed by atoms with Crippen LogP contribution in [-0.2, 0) is 61.5 Å². The van der Waals surface area contributed by atoms with Crippen LogP contribution in [-0.4, -0.2) is 204 Å². The van der Waals surface area contributed by atoms with Crippen molar-refractivity contribution in [1.29, 1.82) is 0 Å². The molecule has 0 aliphatic rings. The summed E-state index contributed by atoms with van der Waals surface area (Å²) in [6.07, 6.45) is 15.0. The summed E-state index contributed by atoms with van der Waals surface area (Å²) in [6, 6.07) is 5.98. The number of nitrogens with two attached hydrogens (primary N) is 1. The van der Waals surface area contributed by atoms with E-state index in [-0.39, 0.29) is 32.3 Å². The minimum Gasteiger partial charge on any atom is -0.460 e. The van der Waals surface area contributed by atoms with E-state index in [0.717, 1.165) is 62.1 Å². The number of carbonyl (C=O) groups is 3. The van der Waals surface area contributed by atoms with Gasteiger partial charge in [0.2, 0.25) is 6.08 Å². The maximum Gasteiger partial charge on any atom is 0.333 e. The SMILES string of the molecule is C=C(C)C(=O)OCCN=C=O.C=C(C)C(=O)OCCNC(=O)NCCC[Si](C)(OCC)O[Si](C)(CCCNC(=S)NCCC[Si](C)(O[Si](C)(C)CC)O[Si](C)(CC)OCC)O[Si](C)(C)CC.C[Si](C)(C)O[Si](C)(C)O[Si](C)(CCCN)O[Si](C)(C)C.S=C(n1ccnc1)n1ccnc1. The first-order valence-corrected chi connectivity index (χ1v) is 63.6. The van der Waals surface area contributed by atoms with Crippen molar-refractivity contribution in [2.24, 2.45) is 10.7 Å². The van der Waals surface area contributed by atoms with E-state index in [2.05, 4.69) is 186 Å². The molecule has 25 nitrogen and oxygen atoms in total. The predicted molar refractivity (Wildman–Crippen MR) is 429 cm³/mol. The molecule has 2 aromatic heterocycles.